The van der Waals surface area contributed by atoms with Gasteiger partial charge in [0.15, 0.2) is 0 Å². The second-order valence-electron chi connectivity index (χ2n) is 3.62. The van der Waals surface area contributed by atoms with Crippen molar-refractivity contribution in [3.8, 4) is 11.5 Å². The van der Waals surface area contributed by atoms with Crippen LogP contribution in [0.15, 0.2) is 18.2 Å². The predicted molar refractivity (Wildman–Crippen MR) is 57.9 cm³/mol. The van der Waals surface area contributed by atoms with E-state index < -0.39 is 0 Å². The lowest BCUT2D eigenvalue weighted by atomic mass is 9.93. The molecular formula is C12H14O4. The highest BCUT2D eigenvalue weighted by Gasteiger charge is 2.28. The van der Waals surface area contributed by atoms with Crippen LogP contribution in [-0.4, -0.2) is 26.8 Å². The number of esters is 1. The van der Waals surface area contributed by atoms with Crippen molar-refractivity contribution < 1.29 is 19.0 Å². The summed E-state index contributed by atoms with van der Waals surface area (Å²) in [6.45, 7) is 0.541. The molecule has 1 unspecified atom stereocenters. The molecule has 1 heterocycles. The molecule has 0 aromatic heterocycles. The van der Waals surface area contributed by atoms with Gasteiger partial charge in [0.05, 0.1) is 26.7 Å². The van der Waals surface area contributed by atoms with E-state index in [2.05, 4.69) is 0 Å². The molecule has 86 valence electrons. The van der Waals surface area contributed by atoms with E-state index in [9.17, 15) is 4.79 Å². The van der Waals surface area contributed by atoms with E-state index in [-0.39, 0.29) is 11.9 Å². The second kappa shape index (κ2) is 4.43. The van der Waals surface area contributed by atoms with Crippen LogP contribution in [0.5, 0.6) is 11.5 Å². The first kappa shape index (κ1) is 10.8. The Kier molecular flexibility index (Phi) is 2.99. The lowest BCUT2D eigenvalue weighted by molar-refractivity contribution is -0.143. The molecule has 0 aliphatic carbocycles. The topological polar surface area (TPSA) is 44.8 Å². The molecule has 0 amide bonds. The summed E-state index contributed by atoms with van der Waals surface area (Å²) in [5, 5.41) is 0. The number of hydrogen-bond donors (Lipinski definition) is 0. The van der Waals surface area contributed by atoms with Gasteiger partial charge < -0.3 is 14.2 Å². The van der Waals surface area contributed by atoms with Gasteiger partial charge in [-0.1, -0.05) is 0 Å². The van der Waals surface area contributed by atoms with E-state index in [0.29, 0.717) is 13.0 Å². The van der Waals surface area contributed by atoms with Gasteiger partial charge in [-0.3, -0.25) is 4.79 Å². The highest BCUT2D eigenvalue weighted by molar-refractivity contribution is 5.79. The maximum absolute atomic E-state index is 11.6. The van der Waals surface area contributed by atoms with Crippen molar-refractivity contribution in [2.45, 2.75) is 12.3 Å². The number of methoxy groups -OCH3 is 2. The first-order valence-corrected chi connectivity index (χ1v) is 5.15. The van der Waals surface area contributed by atoms with Crippen molar-refractivity contribution in [1.82, 2.24) is 0 Å². The molecule has 1 aliphatic rings. The highest BCUT2D eigenvalue weighted by atomic mass is 16.5. The summed E-state index contributed by atoms with van der Waals surface area (Å²) in [4.78, 5) is 11.6. The minimum absolute atomic E-state index is 0.224. The number of ether oxygens (including phenoxy) is 3. The molecule has 16 heavy (non-hydrogen) atoms. The first-order valence-electron chi connectivity index (χ1n) is 5.15. The van der Waals surface area contributed by atoms with Crippen LogP contribution >= 0.6 is 0 Å². The largest absolute Gasteiger partial charge is 0.497 e. The summed E-state index contributed by atoms with van der Waals surface area (Å²) in [7, 11) is 3.00. The first-order chi connectivity index (χ1) is 7.76. The van der Waals surface area contributed by atoms with Gasteiger partial charge in [0.25, 0.3) is 0 Å². The molecule has 1 aliphatic heterocycles. The van der Waals surface area contributed by atoms with Crippen LogP contribution in [-0.2, 0) is 9.53 Å². The van der Waals surface area contributed by atoms with E-state index in [4.69, 9.17) is 14.2 Å². The molecule has 0 saturated carbocycles. The summed E-state index contributed by atoms with van der Waals surface area (Å²) in [5.74, 6) is 0.988. The molecule has 4 nitrogen and oxygen atoms in total. The van der Waals surface area contributed by atoms with E-state index in [1.165, 1.54) is 7.11 Å². The molecule has 1 atom stereocenters. The highest BCUT2D eigenvalue weighted by Crippen LogP contribution is 2.36. The zero-order valence-corrected chi connectivity index (χ0v) is 9.36. The zero-order valence-electron chi connectivity index (χ0n) is 9.36. The fourth-order valence-corrected chi connectivity index (χ4v) is 1.89. The molecule has 1 aromatic rings. The monoisotopic (exact) mass is 222 g/mol. The van der Waals surface area contributed by atoms with E-state index in [1.807, 2.05) is 18.2 Å². The molecule has 0 N–H and O–H groups in total. The Hall–Kier alpha value is -1.71. The molecule has 0 radical (unpaired) electrons. The third-order valence-corrected chi connectivity index (χ3v) is 2.74. The van der Waals surface area contributed by atoms with Crippen molar-refractivity contribution in [2.24, 2.45) is 0 Å². The fraction of sp³-hybridized carbons (Fsp3) is 0.417. The number of fused-ring (bicyclic) bond motifs is 1. The van der Waals surface area contributed by atoms with Gasteiger partial charge in [0.2, 0.25) is 0 Å². The van der Waals surface area contributed by atoms with Gasteiger partial charge in [-0.15, -0.1) is 0 Å². The Morgan fingerprint density at radius 3 is 2.94 bits per heavy atom. The van der Waals surface area contributed by atoms with Crippen molar-refractivity contribution >= 4 is 5.97 Å². The van der Waals surface area contributed by atoms with Gasteiger partial charge in [0.1, 0.15) is 11.5 Å². The second-order valence-corrected chi connectivity index (χ2v) is 3.62. The van der Waals surface area contributed by atoms with E-state index in [0.717, 1.165) is 17.1 Å². The van der Waals surface area contributed by atoms with Crippen molar-refractivity contribution in [3.63, 3.8) is 0 Å². The summed E-state index contributed by atoms with van der Waals surface area (Å²) < 4.78 is 15.4. The third kappa shape index (κ3) is 1.83. The van der Waals surface area contributed by atoms with E-state index in [1.54, 1.807) is 7.11 Å². The quantitative estimate of drug-likeness (QED) is 0.715. The summed E-state index contributed by atoms with van der Waals surface area (Å²) in [6.07, 6.45) is 0.646. The normalized spacial score (nSPS) is 18.2. The molecule has 4 heteroatoms. The number of carbonyl (C=O) groups is 1. The Bertz CT molecular complexity index is 400. The minimum atomic E-state index is -0.246. The Labute approximate surface area is 94.1 Å². The zero-order chi connectivity index (χ0) is 11.5. The Balaban J connectivity index is 2.39. The summed E-state index contributed by atoms with van der Waals surface area (Å²) in [6, 6.07) is 5.47. The Morgan fingerprint density at radius 1 is 1.44 bits per heavy atom. The number of benzene rings is 1. The predicted octanol–water partition coefficient (Wildman–Crippen LogP) is 1.73. The third-order valence-electron chi connectivity index (χ3n) is 2.74. The van der Waals surface area contributed by atoms with Crippen LogP contribution in [0.25, 0.3) is 0 Å². The molecule has 0 spiro atoms. The number of carbonyl (C=O) groups excluding carboxylic acids is 1. The smallest absolute Gasteiger partial charge is 0.313 e. The lowest BCUT2D eigenvalue weighted by Crippen LogP contribution is -2.22. The SMILES string of the molecule is COC(=O)C1CCOc2ccc(OC)cc21. The fourth-order valence-electron chi connectivity index (χ4n) is 1.89. The van der Waals surface area contributed by atoms with Crippen LogP contribution in [0.2, 0.25) is 0 Å². The molecular weight excluding hydrogens is 208 g/mol. The summed E-state index contributed by atoms with van der Waals surface area (Å²) >= 11 is 0. The van der Waals surface area contributed by atoms with Crippen LogP contribution in [0.1, 0.15) is 17.9 Å². The van der Waals surface area contributed by atoms with E-state index >= 15 is 0 Å². The lowest BCUT2D eigenvalue weighted by Gasteiger charge is -2.24. The van der Waals surface area contributed by atoms with Crippen LogP contribution < -0.4 is 9.47 Å². The maximum Gasteiger partial charge on any atom is 0.313 e. The number of hydrogen-bond acceptors (Lipinski definition) is 4. The van der Waals surface area contributed by atoms with Gasteiger partial charge in [-0.2, -0.15) is 0 Å². The van der Waals surface area contributed by atoms with Gasteiger partial charge in [-0.05, 0) is 24.6 Å². The molecule has 0 saturated heterocycles. The van der Waals surface area contributed by atoms with Gasteiger partial charge in [-0.25, -0.2) is 0 Å². The minimum Gasteiger partial charge on any atom is -0.497 e. The van der Waals surface area contributed by atoms with Crippen molar-refractivity contribution in [1.29, 1.82) is 0 Å². The van der Waals surface area contributed by atoms with Crippen molar-refractivity contribution in [3.05, 3.63) is 23.8 Å². The van der Waals surface area contributed by atoms with Gasteiger partial charge >= 0.3 is 5.97 Å². The number of rotatable bonds is 2. The Morgan fingerprint density at radius 2 is 2.25 bits per heavy atom. The molecule has 0 bridgehead atoms. The van der Waals surface area contributed by atoms with Crippen LogP contribution in [0.3, 0.4) is 0 Å². The van der Waals surface area contributed by atoms with Crippen molar-refractivity contribution in [2.75, 3.05) is 20.8 Å². The molecule has 0 fully saturated rings. The van der Waals surface area contributed by atoms with Gasteiger partial charge in [0, 0.05) is 5.56 Å². The van der Waals surface area contributed by atoms with Crippen LogP contribution in [0, 0.1) is 0 Å². The summed E-state index contributed by atoms with van der Waals surface area (Å²) in [5.41, 5.74) is 0.845. The standard InChI is InChI=1S/C12H14O4/c1-14-8-3-4-11-10(7-8)9(5-6-16-11)12(13)15-2/h3-4,7,9H,5-6H2,1-2H3. The molecule has 1 aromatic carbocycles. The average molecular weight is 222 g/mol. The van der Waals surface area contributed by atoms with Crippen LogP contribution in [0.4, 0.5) is 0 Å². The maximum atomic E-state index is 11.6. The molecule has 2 rings (SSSR count). The average Bonchev–Trinajstić information content (AvgIpc) is 2.36.